The smallest absolute Gasteiger partial charge is 0.178 e. The van der Waals surface area contributed by atoms with Gasteiger partial charge in [-0.05, 0) is 30.7 Å². The molecule has 0 N–H and O–H groups in total. The van der Waals surface area contributed by atoms with Crippen LogP contribution in [0.15, 0.2) is 24.9 Å². The van der Waals surface area contributed by atoms with Crippen molar-refractivity contribution < 1.29 is 0 Å². The standard InChI is InChI=1S/C20H21N9/c1-27-17(18-21-8-13(9-22-18)12-4-5-12)14(10-25-27)16-15-19(28(2)26-16)23-11-24-20(15)29-6-3-7-29/h8-12H,3-7H2,1-2H3. The van der Waals surface area contributed by atoms with Gasteiger partial charge in [0, 0.05) is 39.6 Å². The summed E-state index contributed by atoms with van der Waals surface area (Å²) in [5, 5.41) is 10.2. The Labute approximate surface area is 167 Å². The predicted molar refractivity (Wildman–Crippen MR) is 108 cm³/mol. The second-order valence-electron chi connectivity index (χ2n) is 7.85. The average molecular weight is 387 g/mol. The van der Waals surface area contributed by atoms with Crippen LogP contribution in [0, 0.1) is 0 Å². The van der Waals surface area contributed by atoms with Gasteiger partial charge in [0.2, 0.25) is 0 Å². The van der Waals surface area contributed by atoms with Crippen LogP contribution in [-0.2, 0) is 14.1 Å². The number of hydrogen-bond acceptors (Lipinski definition) is 7. The lowest BCUT2D eigenvalue weighted by Crippen LogP contribution is -2.37. The maximum Gasteiger partial charge on any atom is 0.178 e. The van der Waals surface area contributed by atoms with Gasteiger partial charge in [0.15, 0.2) is 11.5 Å². The van der Waals surface area contributed by atoms with E-state index in [1.165, 1.54) is 24.8 Å². The van der Waals surface area contributed by atoms with E-state index in [0.717, 1.165) is 46.9 Å². The Bertz CT molecular complexity index is 1210. The molecule has 5 heterocycles. The van der Waals surface area contributed by atoms with E-state index in [1.54, 1.807) is 6.33 Å². The minimum absolute atomic E-state index is 0.631. The molecule has 0 bridgehead atoms. The fourth-order valence-corrected chi connectivity index (χ4v) is 3.99. The molecular formula is C20H21N9. The van der Waals surface area contributed by atoms with Crippen LogP contribution >= 0.6 is 0 Å². The van der Waals surface area contributed by atoms with Gasteiger partial charge in [0.25, 0.3) is 0 Å². The summed E-state index contributed by atoms with van der Waals surface area (Å²) in [5.74, 6) is 2.22. The van der Waals surface area contributed by atoms with E-state index >= 15 is 0 Å². The Morgan fingerprint density at radius 2 is 1.72 bits per heavy atom. The van der Waals surface area contributed by atoms with E-state index in [-0.39, 0.29) is 0 Å². The molecule has 1 aliphatic carbocycles. The highest BCUT2D eigenvalue weighted by molar-refractivity contribution is 6.01. The molecule has 9 heteroatoms. The molecule has 0 spiro atoms. The zero-order valence-electron chi connectivity index (χ0n) is 16.4. The molecule has 0 atom stereocenters. The lowest BCUT2D eigenvalue weighted by molar-refractivity contribution is 0.611. The Kier molecular flexibility index (Phi) is 3.47. The molecule has 1 aliphatic heterocycles. The van der Waals surface area contributed by atoms with E-state index in [2.05, 4.69) is 29.9 Å². The fourth-order valence-electron chi connectivity index (χ4n) is 3.99. The molecule has 0 aromatic carbocycles. The highest BCUT2D eigenvalue weighted by atomic mass is 15.3. The Hall–Kier alpha value is -3.36. The summed E-state index contributed by atoms with van der Waals surface area (Å²) in [6.07, 6.45) is 11.0. The maximum absolute atomic E-state index is 4.80. The zero-order chi connectivity index (χ0) is 19.5. The Morgan fingerprint density at radius 1 is 0.931 bits per heavy atom. The third-order valence-corrected chi connectivity index (χ3v) is 5.88. The van der Waals surface area contributed by atoms with Gasteiger partial charge in [-0.15, -0.1) is 0 Å². The van der Waals surface area contributed by atoms with Crippen molar-refractivity contribution >= 4 is 16.9 Å². The number of hydrogen-bond donors (Lipinski definition) is 0. The van der Waals surface area contributed by atoms with Crippen molar-refractivity contribution in [2.24, 2.45) is 14.1 Å². The monoisotopic (exact) mass is 387 g/mol. The van der Waals surface area contributed by atoms with Gasteiger partial charge in [0.05, 0.1) is 17.1 Å². The van der Waals surface area contributed by atoms with Crippen molar-refractivity contribution in [3.8, 4) is 22.8 Å². The van der Waals surface area contributed by atoms with Gasteiger partial charge < -0.3 is 4.90 Å². The first-order valence-electron chi connectivity index (χ1n) is 9.98. The predicted octanol–water partition coefficient (Wildman–Crippen LogP) is 2.31. The fraction of sp³-hybridized carbons (Fsp3) is 0.400. The number of fused-ring (bicyclic) bond motifs is 1. The highest BCUT2D eigenvalue weighted by Crippen LogP contribution is 2.40. The van der Waals surface area contributed by atoms with Gasteiger partial charge >= 0.3 is 0 Å². The van der Waals surface area contributed by atoms with Crippen LogP contribution in [0.5, 0.6) is 0 Å². The summed E-state index contributed by atoms with van der Waals surface area (Å²) < 4.78 is 3.62. The van der Waals surface area contributed by atoms with Crippen molar-refractivity contribution in [1.29, 1.82) is 0 Å². The largest absolute Gasteiger partial charge is 0.356 e. The highest BCUT2D eigenvalue weighted by Gasteiger charge is 2.28. The average Bonchev–Trinajstić information content (AvgIpc) is 3.39. The molecule has 146 valence electrons. The summed E-state index contributed by atoms with van der Waals surface area (Å²) in [4.78, 5) is 20.6. The lowest BCUT2D eigenvalue weighted by atomic mass is 10.1. The van der Waals surface area contributed by atoms with E-state index in [9.17, 15) is 0 Å². The number of nitrogens with zero attached hydrogens (tertiary/aromatic N) is 9. The molecule has 1 saturated carbocycles. The Morgan fingerprint density at radius 3 is 2.41 bits per heavy atom. The van der Waals surface area contributed by atoms with Gasteiger partial charge in [-0.25, -0.2) is 24.6 Å². The van der Waals surface area contributed by atoms with E-state index < -0.39 is 0 Å². The number of anilines is 1. The second kappa shape index (κ2) is 6.07. The first-order chi connectivity index (χ1) is 14.2. The minimum atomic E-state index is 0.631. The summed E-state index contributed by atoms with van der Waals surface area (Å²) in [7, 11) is 3.82. The normalized spacial score (nSPS) is 16.4. The quantitative estimate of drug-likeness (QED) is 0.531. The first kappa shape index (κ1) is 16.6. The third-order valence-electron chi connectivity index (χ3n) is 5.88. The summed E-state index contributed by atoms with van der Waals surface area (Å²) in [5.41, 5.74) is 4.61. The topological polar surface area (TPSA) is 90.4 Å². The van der Waals surface area contributed by atoms with Crippen LogP contribution in [0.25, 0.3) is 33.8 Å². The van der Waals surface area contributed by atoms with Crippen molar-refractivity contribution in [2.75, 3.05) is 18.0 Å². The molecule has 0 amide bonds. The van der Waals surface area contributed by atoms with Crippen molar-refractivity contribution in [3.05, 3.63) is 30.5 Å². The molecule has 4 aromatic rings. The van der Waals surface area contributed by atoms with Gasteiger partial charge in [-0.2, -0.15) is 10.2 Å². The maximum atomic E-state index is 4.80. The second-order valence-corrected chi connectivity index (χ2v) is 7.85. The Balaban J connectivity index is 1.54. The SMILES string of the molecule is Cn1ncc(-c2nn(C)c3ncnc(N4CCC4)c23)c1-c1ncc(C2CC2)cn1. The molecule has 2 aliphatic rings. The van der Waals surface area contributed by atoms with E-state index in [1.807, 2.05) is 42.0 Å². The molecule has 0 radical (unpaired) electrons. The molecule has 2 fully saturated rings. The van der Waals surface area contributed by atoms with Crippen molar-refractivity contribution in [2.45, 2.75) is 25.2 Å². The van der Waals surface area contributed by atoms with Crippen LogP contribution in [0.1, 0.15) is 30.7 Å². The summed E-state index contributed by atoms with van der Waals surface area (Å²) in [6, 6.07) is 0. The molecule has 0 unspecified atom stereocenters. The van der Waals surface area contributed by atoms with E-state index in [0.29, 0.717) is 11.7 Å². The zero-order valence-corrected chi connectivity index (χ0v) is 16.4. The van der Waals surface area contributed by atoms with Crippen LogP contribution in [0.3, 0.4) is 0 Å². The van der Waals surface area contributed by atoms with Crippen LogP contribution < -0.4 is 4.90 Å². The summed E-state index contributed by atoms with van der Waals surface area (Å²) >= 11 is 0. The third kappa shape index (κ3) is 2.53. The van der Waals surface area contributed by atoms with Crippen molar-refractivity contribution in [3.63, 3.8) is 0 Å². The number of aromatic nitrogens is 8. The van der Waals surface area contributed by atoms with Crippen LogP contribution in [0.4, 0.5) is 5.82 Å². The van der Waals surface area contributed by atoms with Crippen molar-refractivity contribution in [1.82, 2.24) is 39.5 Å². The number of rotatable bonds is 4. The first-order valence-corrected chi connectivity index (χ1v) is 9.98. The molecule has 6 rings (SSSR count). The number of aryl methyl sites for hydroxylation is 2. The summed E-state index contributed by atoms with van der Waals surface area (Å²) in [6.45, 7) is 2.01. The molecule has 29 heavy (non-hydrogen) atoms. The molecule has 9 nitrogen and oxygen atoms in total. The lowest BCUT2D eigenvalue weighted by Gasteiger charge is -2.32. The molecular weight excluding hydrogens is 366 g/mol. The van der Waals surface area contributed by atoms with Gasteiger partial charge in [-0.1, -0.05) is 0 Å². The van der Waals surface area contributed by atoms with E-state index in [4.69, 9.17) is 5.10 Å². The molecule has 1 saturated heterocycles. The van der Waals surface area contributed by atoms with Crippen LogP contribution in [-0.4, -0.2) is 52.6 Å². The van der Waals surface area contributed by atoms with Crippen LogP contribution in [0.2, 0.25) is 0 Å². The molecule has 4 aromatic heterocycles. The van der Waals surface area contributed by atoms with Gasteiger partial charge in [-0.3, -0.25) is 4.68 Å². The minimum Gasteiger partial charge on any atom is -0.356 e. The van der Waals surface area contributed by atoms with Gasteiger partial charge in [0.1, 0.15) is 23.5 Å².